The van der Waals surface area contributed by atoms with Crippen LogP contribution in [0.1, 0.15) is 26.7 Å². The highest BCUT2D eigenvalue weighted by atomic mass is 16.7. The van der Waals surface area contributed by atoms with Crippen LogP contribution in [0.5, 0.6) is 0 Å². The summed E-state index contributed by atoms with van der Waals surface area (Å²) in [6.45, 7) is 4.50. The number of ether oxygens (including phenoxy) is 2. The Morgan fingerprint density at radius 1 is 1.31 bits per heavy atom. The van der Waals surface area contributed by atoms with E-state index in [0.717, 1.165) is 12.8 Å². The Kier molecular flexibility index (Phi) is 3.51. The van der Waals surface area contributed by atoms with E-state index in [9.17, 15) is 0 Å². The summed E-state index contributed by atoms with van der Waals surface area (Å²) in [5, 5.41) is 0. The molecule has 0 aromatic heterocycles. The zero-order chi connectivity index (χ0) is 9.90. The van der Waals surface area contributed by atoms with E-state index in [-0.39, 0.29) is 11.7 Å². The van der Waals surface area contributed by atoms with Crippen LogP contribution in [0.4, 0.5) is 0 Å². The van der Waals surface area contributed by atoms with Gasteiger partial charge in [-0.05, 0) is 18.3 Å². The second-order valence-electron chi connectivity index (χ2n) is 4.43. The SMILES string of the molecule is COC(OC)C1CC=CC(C)(C)C1. The third kappa shape index (κ3) is 2.82. The van der Waals surface area contributed by atoms with Gasteiger partial charge in [0.2, 0.25) is 0 Å². The van der Waals surface area contributed by atoms with Crippen molar-refractivity contribution < 1.29 is 9.47 Å². The molecule has 0 radical (unpaired) electrons. The van der Waals surface area contributed by atoms with Gasteiger partial charge in [-0.2, -0.15) is 0 Å². The van der Waals surface area contributed by atoms with E-state index < -0.39 is 0 Å². The van der Waals surface area contributed by atoms with Gasteiger partial charge < -0.3 is 9.47 Å². The highest BCUT2D eigenvalue weighted by Crippen LogP contribution is 2.35. The average molecular weight is 184 g/mol. The molecule has 0 aromatic rings. The Bertz CT molecular complexity index is 181. The lowest BCUT2D eigenvalue weighted by Gasteiger charge is -2.33. The largest absolute Gasteiger partial charge is 0.356 e. The summed E-state index contributed by atoms with van der Waals surface area (Å²) in [4.78, 5) is 0. The topological polar surface area (TPSA) is 18.5 Å². The van der Waals surface area contributed by atoms with Crippen LogP contribution < -0.4 is 0 Å². The Balaban J connectivity index is 2.58. The fourth-order valence-corrected chi connectivity index (χ4v) is 2.08. The zero-order valence-corrected chi connectivity index (χ0v) is 9.04. The molecule has 76 valence electrons. The van der Waals surface area contributed by atoms with E-state index in [1.807, 2.05) is 0 Å². The van der Waals surface area contributed by atoms with Gasteiger partial charge in [-0.1, -0.05) is 26.0 Å². The van der Waals surface area contributed by atoms with Crippen molar-refractivity contribution >= 4 is 0 Å². The lowest BCUT2D eigenvalue weighted by Crippen LogP contribution is -2.30. The molecule has 1 unspecified atom stereocenters. The summed E-state index contributed by atoms with van der Waals surface area (Å²) in [7, 11) is 3.42. The molecule has 1 rings (SSSR count). The van der Waals surface area contributed by atoms with Crippen LogP contribution in [-0.2, 0) is 9.47 Å². The molecule has 2 nitrogen and oxygen atoms in total. The minimum atomic E-state index is -0.0516. The van der Waals surface area contributed by atoms with Crippen LogP contribution in [0, 0.1) is 11.3 Å². The van der Waals surface area contributed by atoms with E-state index in [1.54, 1.807) is 14.2 Å². The zero-order valence-electron chi connectivity index (χ0n) is 9.04. The van der Waals surface area contributed by atoms with Crippen molar-refractivity contribution in [2.45, 2.75) is 33.0 Å². The number of hydrogen-bond donors (Lipinski definition) is 0. The molecule has 1 atom stereocenters. The molecule has 1 aliphatic carbocycles. The predicted molar refractivity (Wildman–Crippen MR) is 53.5 cm³/mol. The van der Waals surface area contributed by atoms with Crippen molar-refractivity contribution in [2.24, 2.45) is 11.3 Å². The summed E-state index contributed by atoms with van der Waals surface area (Å²) < 4.78 is 10.6. The molecule has 0 aliphatic heterocycles. The highest BCUT2D eigenvalue weighted by Gasteiger charge is 2.29. The lowest BCUT2D eigenvalue weighted by atomic mass is 9.77. The van der Waals surface area contributed by atoms with E-state index >= 15 is 0 Å². The van der Waals surface area contributed by atoms with Gasteiger partial charge in [0.25, 0.3) is 0 Å². The first-order chi connectivity index (χ1) is 6.09. The maximum Gasteiger partial charge on any atom is 0.159 e. The number of hydrogen-bond acceptors (Lipinski definition) is 2. The van der Waals surface area contributed by atoms with Crippen molar-refractivity contribution in [1.29, 1.82) is 0 Å². The maximum absolute atomic E-state index is 5.28. The van der Waals surface area contributed by atoms with Crippen LogP contribution in [-0.4, -0.2) is 20.5 Å². The van der Waals surface area contributed by atoms with Crippen LogP contribution in [0.25, 0.3) is 0 Å². The van der Waals surface area contributed by atoms with Crippen LogP contribution in [0.3, 0.4) is 0 Å². The summed E-state index contributed by atoms with van der Waals surface area (Å²) in [6, 6.07) is 0. The molecule has 2 heteroatoms. The minimum Gasteiger partial charge on any atom is -0.356 e. The first-order valence-corrected chi connectivity index (χ1v) is 4.82. The molecule has 0 saturated heterocycles. The first kappa shape index (κ1) is 10.7. The van der Waals surface area contributed by atoms with Gasteiger partial charge in [0.15, 0.2) is 6.29 Å². The van der Waals surface area contributed by atoms with Crippen molar-refractivity contribution in [3.05, 3.63) is 12.2 Å². The molecule has 0 bridgehead atoms. The van der Waals surface area contributed by atoms with E-state index in [0.29, 0.717) is 5.92 Å². The minimum absolute atomic E-state index is 0.0516. The molecule has 0 N–H and O–H groups in total. The molecule has 13 heavy (non-hydrogen) atoms. The van der Waals surface area contributed by atoms with Crippen molar-refractivity contribution in [3.8, 4) is 0 Å². The quantitative estimate of drug-likeness (QED) is 0.496. The second kappa shape index (κ2) is 4.25. The Hall–Kier alpha value is -0.340. The molecule has 0 spiro atoms. The standard InChI is InChI=1S/C11H20O2/c1-11(2)7-5-6-9(8-11)10(12-3)13-4/h5,7,9-10H,6,8H2,1-4H3. The molecule has 0 heterocycles. The van der Waals surface area contributed by atoms with Crippen LogP contribution >= 0.6 is 0 Å². The fourth-order valence-electron chi connectivity index (χ4n) is 2.08. The smallest absolute Gasteiger partial charge is 0.159 e. The molecular formula is C11H20O2. The summed E-state index contributed by atoms with van der Waals surface area (Å²) >= 11 is 0. The Labute approximate surface area is 80.9 Å². The van der Waals surface area contributed by atoms with Crippen molar-refractivity contribution in [1.82, 2.24) is 0 Å². The van der Waals surface area contributed by atoms with Gasteiger partial charge in [-0.25, -0.2) is 0 Å². The van der Waals surface area contributed by atoms with Crippen molar-refractivity contribution in [3.63, 3.8) is 0 Å². The summed E-state index contributed by atoms with van der Waals surface area (Å²) in [5.74, 6) is 0.495. The monoisotopic (exact) mass is 184 g/mol. The average Bonchev–Trinajstić information content (AvgIpc) is 2.05. The van der Waals surface area contributed by atoms with Crippen molar-refractivity contribution in [2.75, 3.05) is 14.2 Å². The highest BCUT2D eigenvalue weighted by molar-refractivity contribution is 5.02. The summed E-state index contributed by atoms with van der Waals surface area (Å²) in [6.07, 6.45) is 6.67. The van der Waals surface area contributed by atoms with E-state index in [1.165, 1.54) is 0 Å². The molecule has 0 aromatic carbocycles. The van der Waals surface area contributed by atoms with Gasteiger partial charge in [-0.15, -0.1) is 0 Å². The van der Waals surface area contributed by atoms with E-state index in [4.69, 9.17) is 9.47 Å². The second-order valence-corrected chi connectivity index (χ2v) is 4.43. The van der Waals surface area contributed by atoms with Crippen LogP contribution in [0.2, 0.25) is 0 Å². The maximum atomic E-state index is 5.28. The molecule has 1 aliphatic rings. The number of methoxy groups -OCH3 is 2. The van der Waals surface area contributed by atoms with Crippen LogP contribution in [0.15, 0.2) is 12.2 Å². The molecule has 0 fully saturated rings. The summed E-state index contributed by atoms with van der Waals surface area (Å²) in [5.41, 5.74) is 0.290. The van der Waals surface area contributed by atoms with Gasteiger partial charge in [0.1, 0.15) is 0 Å². The van der Waals surface area contributed by atoms with E-state index in [2.05, 4.69) is 26.0 Å². The van der Waals surface area contributed by atoms with Gasteiger partial charge >= 0.3 is 0 Å². The first-order valence-electron chi connectivity index (χ1n) is 4.82. The van der Waals surface area contributed by atoms with Gasteiger partial charge in [0.05, 0.1) is 0 Å². The Morgan fingerprint density at radius 3 is 2.38 bits per heavy atom. The third-order valence-corrected chi connectivity index (χ3v) is 2.65. The lowest BCUT2D eigenvalue weighted by molar-refractivity contribution is -0.143. The molecule has 0 amide bonds. The molecular weight excluding hydrogens is 164 g/mol. The predicted octanol–water partition coefficient (Wildman–Crippen LogP) is 2.60. The molecule has 0 saturated carbocycles. The van der Waals surface area contributed by atoms with Gasteiger partial charge in [0, 0.05) is 20.1 Å². The van der Waals surface area contributed by atoms with Gasteiger partial charge in [-0.3, -0.25) is 0 Å². The fraction of sp³-hybridized carbons (Fsp3) is 0.818. The number of allylic oxidation sites excluding steroid dienone is 2. The Morgan fingerprint density at radius 2 is 1.92 bits per heavy atom. The third-order valence-electron chi connectivity index (χ3n) is 2.65. The normalized spacial score (nSPS) is 26.7. The number of rotatable bonds is 3.